The summed E-state index contributed by atoms with van der Waals surface area (Å²) in [5.74, 6) is 0.703. The van der Waals surface area contributed by atoms with E-state index in [1.807, 2.05) is 54.6 Å². The fraction of sp³-hybridized carbons (Fsp3) is 0.200. The Morgan fingerprint density at radius 3 is 2.28 bits per heavy atom. The Labute approximate surface area is 110 Å². The molecule has 0 heterocycles. The lowest BCUT2D eigenvalue weighted by molar-refractivity contribution is 0.680. The summed E-state index contributed by atoms with van der Waals surface area (Å²) < 4.78 is 12.0. The molecule has 0 radical (unpaired) electrons. The fourth-order valence-corrected chi connectivity index (χ4v) is 2.88. The highest BCUT2D eigenvalue weighted by molar-refractivity contribution is 7.85. The van der Waals surface area contributed by atoms with Gasteiger partial charge in [-0.05, 0) is 42.7 Å². The third kappa shape index (κ3) is 3.70. The zero-order valence-corrected chi connectivity index (χ0v) is 11.0. The highest BCUT2D eigenvalue weighted by Gasteiger charge is 2.02. The molecule has 0 aromatic heterocycles. The second kappa shape index (κ2) is 6.36. The Hall–Kier alpha value is -1.61. The number of benzene rings is 2. The molecule has 1 unspecified atom stereocenters. The summed E-state index contributed by atoms with van der Waals surface area (Å²) in [7, 11) is -0.886. The molecule has 18 heavy (non-hydrogen) atoms. The van der Waals surface area contributed by atoms with E-state index in [4.69, 9.17) is 5.73 Å². The lowest BCUT2D eigenvalue weighted by atomic mass is 10.1. The van der Waals surface area contributed by atoms with Crippen molar-refractivity contribution in [2.75, 3.05) is 11.5 Å². The standard InChI is InChI=1S/C15H17NOS/c16-14-10-8-13(9-11-14)5-4-12-18(17)15-6-2-1-3-7-15/h1-3,6-11H,4-5,12,16H2. The number of anilines is 1. The first-order valence-electron chi connectivity index (χ1n) is 6.03. The van der Waals surface area contributed by atoms with Crippen LogP contribution in [0.15, 0.2) is 59.5 Å². The van der Waals surface area contributed by atoms with E-state index in [1.165, 1.54) is 5.56 Å². The van der Waals surface area contributed by atoms with E-state index in [-0.39, 0.29) is 0 Å². The zero-order valence-electron chi connectivity index (χ0n) is 10.2. The number of nitrogen functional groups attached to an aromatic ring is 1. The molecule has 0 saturated carbocycles. The van der Waals surface area contributed by atoms with Crippen molar-refractivity contribution in [2.24, 2.45) is 0 Å². The predicted octanol–water partition coefficient (Wildman–Crippen LogP) is 3.01. The molecule has 0 spiro atoms. The van der Waals surface area contributed by atoms with Crippen molar-refractivity contribution in [1.82, 2.24) is 0 Å². The van der Waals surface area contributed by atoms with Gasteiger partial charge >= 0.3 is 0 Å². The molecule has 0 saturated heterocycles. The zero-order chi connectivity index (χ0) is 12.8. The summed E-state index contributed by atoms with van der Waals surface area (Å²) in [6.45, 7) is 0. The van der Waals surface area contributed by atoms with E-state index in [9.17, 15) is 4.21 Å². The van der Waals surface area contributed by atoms with Crippen molar-refractivity contribution >= 4 is 16.5 Å². The van der Waals surface area contributed by atoms with Gasteiger partial charge in [0.25, 0.3) is 0 Å². The highest BCUT2D eigenvalue weighted by Crippen LogP contribution is 2.10. The molecule has 0 aliphatic rings. The Kier molecular flexibility index (Phi) is 4.53. The van der Waals surface area contributed by atoms with Crippen LogP contribution in [0.1, 0.15) is 12.0 Å². The first kappa shape index (κ1) is 12.8. The van der Waals surface area contributed by atoms with Gasteiger partial charge in [-0.2, -0.15) is 0 Å². The first-order valence-corrected chi connectivity index (χ1v) is 7.35. The summed E-state index contributed by atoms with van der Waals surface area (Å²) in [5, 5.41) is 0. The molecule has 2 rings (SSSR count). The SMILES string of the molecule is Nc1ccc(CCCS(=O)c2ccccc2)cc1. The molecule has 0 bridgehead atoms. The lowest BCUT2D eigenvalue weighted by Crippen LogP contribution is -1.99. The van der Waals surface area contributed by atoms with Crippen LogP contribution >= 0.6 is 0 Å². The topological polar surface area (TPSA) is 43.1 Å². The van der Waals surface area contributed by atoms with Crippen LogP contribution in [-0.4, -0.2) is 9.96 Å². The van der Waals surface area contributed by atoms with E-state index in [2.05, 4.69) is 0 Å². The van der Waals surface area contributed by atoms with Gasteiger partial charge in [0.15, 0.2) is 0 Å². The van der Waals surface area contributed by atoms with Crippen molar-refractivity contribution in [1.29, 1.82) is 0 Å². The monoisotopic (exact) mass is 259 g/mol. The molecular formula is C15H17NOS. The smallest absolute Gasteiger partial charge is 0.0529 e. The van der Waals surface area contributed by atoms with Crippen LogP contribution in [0.2, 0.25) is 0 Å². The number of hydrogen-bond donors (Lipinski definition) is 1. The summed E-state index contributed by atoms with van der Waals surface area (Å²) in [4.78, 5) is 0.912. The van der Waals surface area contributed by atoms with Gasteiger partial charge < -0.3 is 5.73 Å². The third-order valence-electron chi connectivity index (χ3n) is 2.78. The Morgan fingerprint density at radius 1 is 0.944 bits per heavy atom. The number of rotatable bonds is 5. The van der Waals surface area contributed by atoms with Crippen LogP contribution in [0.4, 0.5) is 5.69 Å². The van der Waals surface area contributed by atoms with Crippen LogP contribution < -0.4 is 5.73 Å². The van der Waals surface area contributed by atoms with E-state index >= 15 is 0 Å². The van der Waals surface area contributed by atoms with Gasteiger partial charge in [0.2, 0.25) is 0 Å². The van der Waals surface area contributed by atoms with Crippen molar-refractivity contribution < 1.29 is 4.21 Å². The van der Waals surface area contributed by atoms with Gasteiger partial charge in [0.1, 0.15) is 0 Å². The quantitative estimate of drug-likeness (QED) is 0.839. The second-order valence-electron chi connectivity index (χ2n) is 4.21. The summed E-state index contributed by atoms with van der Waals surface area (Å²) >= 11 is 0. The van der Waals surface area contributed by atoms with Crippen LogP contribution in [-0.2, 0) is 17.2 Å². The van der Waals surface area contributed by atoms with Crippen LogP contribution in [0.25, 0.3) is 0 Å². The van der Waals surface area contributed by atoms with E-state index < -0.39 is 10.8 Å². The summed E-state index contributed by atoms with van der Waals surface area (Å²) in [6.07, 6.45) is 1.87. The maximum absolute atomic E-state index is 12.0. The van der Waals surface area contributed by atoms with Gasteiger partial charge in [-0.15, -0.1) is 0 Å². The normalized spacial score (nSPS) is 12.2. The van der Waals surface area contributed by atoms with Crippen LogP contribution in [0.3, 0.4) is 0 Å². The molecule has 2 aromatic rings. The molecule has 2 N–H and O–H groups in total. The van der Waals surface area contributed by atoms with E-state index in [0.717, 1.165) is 23.4 Å². The average Bonchev–Trinajstić information content (AvgIpc) is 2.42. The van der Waals surface area contributed by atoms with Gasteiger partial charge in [-0.3, -0.25) is 4.21 Å². The molecule has 3 heteroatoms. The fourth-order valence-electron chi connectivity index (χ4n) is 1.78. The third-order valence-corrected chi connectivity index (χ3v) is 4.24. The minimum absolute atomic E-state index is 0.703. The molecule has 0 amide bonds. The summed E-state index contributed by atoms with van der Waals surface area (Å²) in [5.41, 5.74) is 7.66. The first-order chi connectivity index (χ1) is 8.75. The number of hydrogen-bond acceptors (Lipinski definition) is 2. The number of nitrogens with two attached hydrogens (primary N) is 1. The van der Waals surface area contributed by atoms with Gasteiger partial charge in [-0.1, -0.05) is 30.3 Å². The molecule has 1 atom stereocenters. The van der Waals surface area contributed by atoms with Gasteiger partial charge in [0, 0.05) is 16.3 Å². The second-order valence-corrected chi connectivity index (χ2v) is 5.78. The molecular weight excluding hydrogens is 242 g/mol. The van der Waals surface area contributed by atoms with Crippen molar-refractivity contribution in [3.05, 3.63) is 60.2 Å². The van der Waals surface area contributed by atoms with E-state index in [1.54, 1.807) is 0 Å². The van der Waals surface area contributed by atoms with Crippen LogP contribution in [0, 0.1) is 0 Å². The minimum atomic E-state index is -0.886. The maximum atomic E-state index is 12.0. The summed E-state index contributed by atoms with van der Waals surface area (Å²) in [6, 6.07) is 17.5. The van der Waals surface area contributed by atoms with Crippen LogP contribution in [0.5, 0.6) is 0 Å². The molecule has 0 fully saturated rings. The average molecular weight is 259 g/mol. The Morgan fingerprint density at radius 2 is 1.61 bits per heavy atom. The maximum Gasteiger partial charge on any atom is 0.0529 e. The molecule has 0 aliphatic heterocycles. The van der Waals surface area contributed by atoms with Crippen molar-refractivity contribution in [3.63, 3.8) is 0 Å². The Balaban J connectivity index is 1.82. The number of aryl methyl sites for hydroxylation is 1. The molecule has 2 aromatic carbocycles. The largest absolute Gasteiger partial charge is 0.399 e. The highest BCUT2D eigenvalue weighted by atomic mass is 32.2. The van der Waals surface area contributed by atoms with Gasteiger partial charge in [-0.25, -0.2) is 0 Å². The van der Waals surface area contributed by atoms with Crippen molar-refractivity contribution in [3.8, 4) is 0 Å². The molecule has 0 aliphatic carbocycles. The minimum Gasteiger partial charge on any atom is -0.399 e. The van der Waals surface area contributed by atoms with E-state index in [0.29, 0.717) is 5.75 Å². The van der Waals surface area contributed by atoms with Gasteiger partial charge in [0.05, 0.1) is 10.8 Å². The Bertz CT molecular complexity index is 508. The predicted molar refractivity (Wildman–Crippen MR) is 76.9 cm³/mol. The molecule has 2 nitrogen and oxygen atoms in total. The van der Waals surface area contributed by atoms with Crippen molar-refractivity contribution in [2.45, 2.75) is 17.7 Å². The lowest BCUT2D eigenvalue weighted by Gasteiger charge is -2.03. The molecule has 94 valence electrons.